The lowest BCUT2D eigenvalue weighted by Gasteiger charge is -2.29. The van der Waals surface area contributed by atoms with E-state index in [1.807, 2.05) is 6.07 Å². The molecule has 1 aliphatic rings. The largest absolute Gasteiger partial charge is 0.497 e. The molecule has 170 valence electrons. The van der Waals surface area contributed by atoms with Crippen molar-refractivity contribution in [3.05, 3.63) is 41.5 Å². The van der Waals surface area contributed by atoms with E-state index < -0.39 is 0 Å². The van der Waals surface area contributed by atoms with Crippen molar-refractivity contribution in [1.82, 2.24) is 25.7 Å². The molecule has 2 heterocycles. The first-order valence-corrected chi connectivity index (χ1v) is 11.3. The number of rotatable bonds is 10. The molecule has 0 radical (unpaired) electrons. The summed E-state index contributed by atoms with van der Waals surface area (Å²) in [6.07, 6.45) is 4.15. The molecule has 1 fully saturated rings. The molecule has 8 nitrogen and oxygen atoms in total. The number of aliphatic imine (C=N–C) groups is 1. The van der Waals surface area contributed by atoms with Crippen molar-refractivity contribution < 1.29 is 9.26 Å². The van der Waals surface area contributed by atoms with E-state index in [2.05, 4.69) is 62.7 Å². The minimum absolute atomic E-state index is 0.281. The molecular weight excluding hydrogens is 392 g/mol. The van der Waals surface area contributed by atoms with Gasteiger partial charge in [-0.1, -0.05) is 31.1 Å². The third kappa shape index (κ3) is 6.69. The third-order valence-electron chi connectivity index (χ3n) is 5.61. The van der Waals surface area contributed by atoms with Crippen molar-refractivity contribution in [3.63, 3.8) is 0 Å². The van der Waals surface area contributed by atoms with Gasteiger partial charge in [-0.15, -0.1) is 0 Å². The van der Waals surface area contributed by atoms with Gasteiger partial charge in [-0.05, 0) is 50.0 Å². The molecular formula is C23H36N6O2. The monoisotopic (exact) mass is 428 g/mol. The van der Waals surface area contributed by atoms with E-state index in [9.17, 15) is 0 Å². The Kier molecular flexibility index (Phi) is 8.70. The number of aromatic nitrogens is 2. The summed E-state index contributed by atoms with van der Waals surface area (Å²) in [4.78, 5) is 11.4. The highest BCUT2D eigenvalue weighted by Crippen LogP contribution is 2.27. The van der Waals surface area contributed by atoms with Crippen LogP contribution in [-0.2, 0) is 6.42 Å². The molecule has 1 unspecified atom stereocenters. The molecule has 0 bridgehead atoms. The smallest absolute Gasteiger partial charge is 0.226 e. The van der Waals surface area contributed by atoms with Crippen LogP contribution in [0.15, 0.2) is 33.8 Å². The highest BCUT2D eigenvalue weighted by molar-refractivity contribution is 5.79. The summed E-state index contributed by atoms with van der Waals surface area (Å²) in [6.45, 7) is 7.94. The van der Waals surface area contributed by atoms with E-state index in [4.69, 9.17) is 9.26 Å². The van der Waals surface area contributed by atoms with Crippen molar-refractivity contribution in [2.75, 3.05) is 40.3 Å². The molecule has 31 heavy (non-hydrogen) atoms. The van der Waals surface area contributed by atoms with Crippen LogP contribution in [-0.4, -0.2) is 61.3 Å². The van der Waals surface area contributed by atoms with Crippen molar-refractivity contribution in [3.8, 4) is 5.75 Å². The average molecular weight is 429 g/mol. The lowest BCUT2D eigenvalue weighted by Crippen LogP contribution is -2.43. The van der Waals surface area contributed by atoms with Gasteiger partial charge in [0.15, 0.2) is 11.8 Å². The summed E-state index contributed by atoms with van der Waals surface area (Å²) in [7, 11) is 3.52. The molecule has 0 amide bonds. The molecule has 1 aromatic carbocycles. The highest BCUT2D eigenvalue weighted by atomic mass is 16.5. The fourth-order valence-corrected chi connectivity index (χ4v) is 3.82. The zero-order valence-corrected chi connectivity index (χ0v) is 19.2. The molecule has 0 aliphatic carbocycles. The van der Waals surface area contributed by atoms with Gasteiger partial charge < -0.3 is 19.9 Å². The van der Waals surface area contributed by atoms with Gasteiger partial charge >= 0.3 is 0 Å². The zero-order valence-electron chi connectivity index (χ0n) is 19.2. The number of nitrogens with zero attached hydrogens (tertiary/aromatic N) is 4. The van der Waals surface area contributed by atoms with Crippen LogP contribution in [0, 0.1) is 0 Å². The summed E-state index contributed by atoms with van der Waals surface area (Å²) < 4.78 is 10.8. The molecule has 1 saturated heterocycles. The van der Waals surface area contributed by atoms with E-state index in [1.165, 1.54) is 18.4 Å². The Bertz CT molecular complexity index is 829. The van der Waals surface area contributed by atoms with E-state index in [-0.39, 0.29) is 12.0 Å². The average Bonchev–Trinajstić information content (AvgIpc) is 3.48. The second-order valence-electron chi connectivity index (χ2n) is 8.22. The first kappa shape index (κ1) is 23.1. The number of nitrogens with one attached hydrogen (secondary N) is 2. The van der Waals surface area contributed by atoms with Crippen molar-refractivity contribution in [2.45, 2.75) is 51.5 Å². The summed E-state index contributed by atoms with van der Waals surface area (Å²) in [5.74, 6) is 3.45. The number of aryl methyl sites for hydroxylation is 1. The van der Waals surface area contributed by atoms with Gasteiger partial charge in [0.25, 0.3) is 0 Å². The second-order valence-corrected chi connectivity index (χ2v) is 8.22. The Morgan fingerprint density at radius 2 is 2.06 bits per heavy atom. The molecule has 3 rings (SSSR count). The molecule has 2 aromatic rings. The number of benzene rings is 1. The Morgan fingerprint density at radius 3 is 2.74 bits per heavy atom. The fourth-order valence-electron chi connectivity index (χ4n) is 3.82. The van der Waals surface area contributed by atoms with Crippen LogP contribution in [0.1, 0.15) is 62.3 Å². The minimum Gasteiger partial charge on any atom is -0.497 e. The summed E-state index contributed by atoms with van der Waals surface area (Å²) in [5.41, 5.74) is 1.27. The normalized spacial score (nSPS) is 16.0. The van der Waals surface area contributed by atoms with Crippen LogP contribution in [0.4, 0.5) is 0 Å². The number of ether oxygens (including phenoxy) is 1. The van der Waals surface area contributed by atoms with Crippen molar-refractivity contribution in [2.24, 2.45) is 4.99 Å². The second kappa shape index (κ2) is 11.7. The van der Waals surface area contributed by atoms with E-state index in [0.29, 0.717) is 5.89 Å². The summed E-state index contributed by atoms with van der Waals surface area (Å²) >= 11 is 0. The van der Waals surface area contributed by atoms with Crippen LogP contribution >= 0.6 is 0 Å². The van der Waals surface area contributed by atoms with Gasteiger partial charge in [0.1, 0.15) is 5.75 Å². The van der Waals surface area contributed by atoms with Crippen LogP contribution < -0.4 is 15.4 Å². The highest BCUT2D eigenvalue weighted by Gasteiger charge is 2.24. The number of likely N-dealkylation sites (tertiary alicyclic amines) is 1. The number of hydrogen-bond acceptors (Lipinski definition) is 6. The van der Waals surface area contributed by atoms with E-state index in [1.54, 1.807) is 14.2 Å². The first-order chi connectivity index (χ1) is 15.1. The van der Waals surface area contributed by atoms with Crippen LogP contribution in [0.25, 0.3) is 0 Å². The van der Waals surface area contributed by atoms with Crippen LogP contribution in [0.2, 0.25) is 0 Å². The maximum Gasteiger partial charge on any atom is 0.226 e. The van der Waals surface area contributed by atoms with Gasteiger partial charge in [0.2, 0.25) is 5.89 Å². The topological polar surface area (TPSA) is 87.8 Å². The number of methoxy groups -OCH3 is 1. The Morgan fingerprint density at radius 1 is 1.26 bits per heavy atom. The molecule has 0 spiro atoms. The molecule has 1 aliphatic heterocycles. The Balaban J connectivity index is 1.50. The van der Waals surface area contributed by atoms with E-state index in [0.717, 1.165) is 56.6 Å². The first-order valence-electron chi connectivity index (χ1n) is 11.3. The predicted octanol–water partition coefficient (Wildman–Crippen LogP) is 3.14. The summed E-state index contributed by atoms with van der Waals surface area (Å²) in [5, 5.41) is 10.9. The van der Waals surface area contributed by atoms with E-state index >= 15 is 0 Å². The Labute approximate surface area is 185 Å². The number of hydrogen-bond donors (Lipinski definition) is 2. The van der Waals surface area contributed by atoms with Crippen molar-refractivity contribution in [1.29, 1.82) is 0 Å². The quantitative estimate of drug-likeness (QED) is 0.341. The zero-order chi connectivity index (χ0) is 22.1. The lowest BCUT2D eigenvalue weighted by molar-refractivity contribution is 0.245. The minimum atomic E-state index is 0.281. The predicted molar refractivity (Wildman–Crippen MR) is 123 cm³/mol. The SMILES string of the molecule is CN=C(NCCCc1nc(C(C)C)no1)NCC(c1cccc(OC)c1)N1CCCC1. The molecule has 1 atom stereocenters. The molecule has 1 aromatic heterocycles. The molecule has 8 heteroatoms. The molecule has 0 saturated carbocycles. The van der Waals surface area contributed by atoms with Crippen LogP contribution in [0.3, 0.4) is 0 Å². The lowest BCUT2D eigenvalue weighted by atomic mass is 10.1. The van der Waals surface area contributed by atoms with Gasteiger partial charge in [-0.25, -0.2) is 0 Å². The van der Waals surface area contributed by atoms with Gasteiger partial charge in [-0.2, -0.15) is 4.98 Å². The van der Waals surface area contributed by atoms with Crippen molar-refractivity contribution >= 4 is 5.96 Å². The van der Waals surface area contributed by atoms with Gasteiger partial charge in [0.05, 0.1) is 13.2 Å². The Hall–Kier alpha value is -2.61. The number of guanidine groups is 1. The maximum absolute atomic E-state index is 5.44. The third-order valence-corrected chi connectivity index (χ3v) is 5.61. The van der Waals surface area contributed by atoms with Crippen LogP contribution in [0.5, 0.6) is 5.75 Å². The standard InChI is InChI=1S/C23H36N6O2/c1-17(2)22-27-21(31-28-22)11-8-12-25-23(24-3)26-16-20(29-13-5-6-14-29)18-9-7-10-19(15-18)30-4/h7,9-10,15,17,20H,5-6,8,11-14,16H2,1-4H3,(H2,24,25,26). The molecule has 2 N–H and O–H groups in total. The maximum atomic E-state index is 5.44. The van der Waals surface area contributed by atoms with Gasteiger partial charge in [-0.3, -0.25) is 9.89 Å². The summed E-state index contributed by atoms with van der Waals surface area (Å²) in [6, 6.07) is 8.65. The van der Waals surface area contributed by atoms with Gasteiger partial charge in [0, 0.05) is 32.5 Å². The fraction of sp³-hybridized carbons (Fsp3) is 0.609.